The Kier molecular flexibility index (Phi) is 11.1. The molecule has 2 aromatic carbocycles. The maximum Gasteiger partial charge on any atom is 0.416 e. The van der Waals surface area contributed by atoms with Crippen LogP contribution in [0.2, 0.25) is 0 Å². The molecule has 1 nitrogen and oxygen atoms in total. The molecule has 0 amide bonds. The molecule has 0 fully saturated rings. The molecule has 4 heteroatoms. The van der Waals surface area contributed by atoms with Crippen molar-refractivity contribution in [1.82, 2.24) is 0 Å². The van der Waals surface area contributed by atoms with Gasteiger partial charge in [-0.15, -0.1) is 0 Å². The molecule has 0 saturated carbocycles. The highest BCUT2D eigenvalue weighted by Gasteiger charge is 2.30. The number of aryl methyl sites for hydroxylation is 1. The number of halogens is 3. The predicted octanol–water partition coefficient (Wildman–Crippen LogP) is 8.41. The Morgan fingerprint density at radius 1 is 0.677 bits per heavy atom. The lowest BCUT2D eigenvalue weighted by Gasteiger charge is -2.14. The lowest BCUT2D eigenvalue weighted by atomic mass is 9.97. The first-order valence-corrected chi connectivity index (χ1v) is 11.9. The monoisotopic (exact) mass is 433 g/mol. The van der Waals surface area contributed by atoms with Crippen molar-refractivity contribution in [2.75, 3.05) is 0 Å². The SMILES string of the molecule is CCCCCCCCCCCCc1ccc(CC(N)c2ccc(C(F)(F)F)cc2)cc1. The van der Waals surface area contributed by atoms with E-state index in [1.165, 1.54) is 81.9 Å². The van der Waals surface area contributed by atoms with Crippen LogP contribution < -0.4 is 5.73 Å². The molecule has 1 atom stereocenters. The lowest BCUT2D eigenvalue weighted by molar-refractivity contribution is -0.137. The van der Waals surface area contributed by atoms with Crippen LogP contribution in [0.25, 0.3) is 0 Å². The molecule has 0 heterocycles. The second kappa shape index (κ2) is 13.6. The summed E-state index contributed by atoms with van der Waals surface area (Å²) in [7, 11) is 0. The van der Waals surface area contributed by atoms with Crippen molar-refractivity contribution in [1.29, 1.82) is 0 Å². The van der Waals surface area contributed by atoms with E-state index < -0.39 is 11.7 Å². The topological polar surface area (TPSA) is 26.0 Å². The number of hydrogen-bond donors (Lipinski definition) is 1. The van der Waals surface area contributed by atoms with E-state index in [0.717, 1.165) is 29.7 Å². The van der Waals surface area contributed by atoms with Crippen LogP contribution in [0.4, 0.5) is 13.2 Å². The third-order valence-electron chi connectivity index (χ3n) is 5.96. The highest BCUT2D eigenvalue weighted by molar-refractivity contribution is 5.29. The van der Waals surface area contributed by atoms with Crippen LogP contribution in [0.5, 0.6) is 0 Å². The molecule has 0 aliphatic rings. The zero-order valence-corrected chi connectivity index (χ0v) is 18.9. The Bertz CT molecular complexity index is 720. The molecule has 2 rings (SSSR count). The maximum absolute atomic E-state index is 12.7. The fourth-order valence-corrected chi connectivity index (χ4v) is 3.95. The first-order valence-electron chi connectivity index (χ1n) is 11.9. The van der Waals surface area contributed by atoms with Gasteiger partial charge in [0.15, 0.2) is 0 Å². The van der Waals surface area contributed by atoms with Crippen LogP contribution in [0.1, 0.15) is 99.4 Å². The minimum absolute atomic E-state index is 0.310. The van der Waals surface area contributed by atoms with E-state index in [1.54, 1.807) is 0 Å². The molecule has 2 aromatic rings. The zero-order chi connectivity index (χ0) is 22.5. The van der Waals surface area contributed by atoms with Gasteiger partial charge in [-0.3, -0.25) is 0 Å². The van der Waals surface area contributed by atoms with Gasteiger partial charge in [0.25, 0.3) is 0 Å². The second-order valence-corrected chi connectivity index (χ2v) is 8.68. The second-order valence-electron chi connectivity index (χ2n) is 8.68. The van der Waals surface area contributed by atoms with Crippen molar-refractivity contribution in [2.24, 2.45) is 5.73 Å². The summed E-state index contributed by atoms with van der Waals surface area (Å²) in [4.78, 5) is 0. The fraction of sp³-hybridized carbons (Fsp3) is 0.556. The van der Waals surface area contributed by atoms with Crippen LogP contribution in [0, 0.1) is 0 Å². The van der Waals surface area contributed by atoms with Crippen molar-refractivity contribution in [2.45, 2.75) is 96.2 Å². The lowest BCUT2D eigenvalue weighted by Crippen LogP contribution is -2.14. The van der Waals surface area contributed by atoms with Gasteiger partial charge in [0.05, 0.1) is 5.56 Å². The molecule has 0 aromatic heterocycles. The van der Waals surface area contributed by atoms with E-state index in [0.29, 0.717) is 6.42 Å². The summed E-state index contributed by atoms with van der Waals surface area (Å²) in [6, 6.07) is 13.3. The molecule has 172 valence electrons. The smallest absolute Gasteiger partial charge is 0.324 e. The number of benzene rings is 2. The average molecular weight is 434 g/mol. The van der Waals surface area contributed by atoms with Gasteiger partial charge in [0, 0.05) is 6.04 Å². The van der Waals surface area contributed by atoms with Gasteiger partial charge in [0.1, 0.15) is 0 Å². The number of nitrogens with two attached hydrogens (primary N) is 1. The van der Waals surface area contributed by atoms with Gasteiger partial charge in [0.2, 0.25) is 0 Å². The first-order chi connectivity index (χ1) is 14.9. The quantitative estimate of drug-likeness (QED) is 0.297. The van der Waals surface area contributed by atoms with Gasteiger partial charge in [-0.25, -0.2) is 0 Å². The van der Waals surface area contributed by atoms with Crippen molar-refractivity contribution < 1.29 is 13.2 Å². The molecule has 0 aliphatic heterocycles. The van der Waals surface area contributed by atoms with E-state index in [2.05, 4.69) is 31.2 Å². The molecule has 1 unspecified atom stereocenters. The molecule has 0 radical (unpaired) electrons. The Morgan fingerprint density at radius 2 is 1.16 bits per heavy atom. The van der Waals surface area contributed by atoms with Crippen molar-refractivity contribution in [3.63, 3.8) is 0 Å². The average Bonchev–Trinajstić information content (AvgIpc) is 2.75. The first kappa shape index (κ1) is 25.5. The van der Waals surface area contributed by atoms with E-state index in [1.807, 2.05) is 0 Å². The number of alkyl halides is 3. The molecule has 0 saturated heterocycles. The van der Waals surface area contributed by atoms with E-state index in [-0.39, 0.29) is 6.04 Å². The molecule has 0 spiro atoms. The molecular formula is C27H38F3N. The van der Waals surface area contributed by atoms with Crippen LogP contribution in [0.3, 0.4) is 0 Å². The summed E-state index contributed by atoms with van der Waals surface area (Å²) in [6.07, 6.45) is 10.8. The summed E-state index contributed by atoms with van der Waals surface area (Å²) in [5.41, 5.74) is 8.75. The molecule has 31 heavy (non-hydrogen) atoms. The van der Waals surface area contributed by atoms with Gasteiger partial charge in [-0.1, -0.05) is 101 Å². The van der Waals surface area contributed by atoms with Crippen molar-refractivity contribution in [3.8, 4) is 0 Å². The Balaban J connectivity index is 1.65. The molecule has 2 N–H and O–H groups in total. The van der Waals surface area contributed by atoms with E-state index in [4.69, 9.17) is 5.73 Å². The van der Waals surface area contributed by atoms with Crippen LogP contribution >= 0.6 is 0 Å². The minimum Gasteiger partial charge on any atom is -0.324 e. The summed E-state index contributed by atoms with van der Waals surface area (Å²) in [6.45, 7) is 2.26. The Labute approximate surface area is 186 Å². The third-order valence-corrected chi connectivity index (χ3v) is 5.96. The van der Waals surface area contributed by atoms with Crippen LogP contribution in [0.15, 0.2) is 48.5 Å². The molecule has 0 aliphatic carbocycles. The Morgan fingerprint density at radius 3 is 1.68 bits per heavy atom. The number of unbranched alkanes of at least 4 members (excludes halogenated alkanes) is 9. The van der Waals surface area contributed by atoms with Gasteiger partial charge >= 0.3 is 6.18 Å². The highest BCUT2D eigenvalue weighted by atomic mass is 19.4. The summed E-state index contributed by atoms with van der Waals surface area (Å²) in [5, 5.41) is 0. The maximum atomic E-state index is 12.7. The summed E-state index contributed by atoms with van der Waals surface area (Å²) < 4.78 is 38.1. The largest absolute Gasteiger partial charge is 0.416 e. The highest BCUT2D eigenvalue weighted by Crippen LogP contribution is 2.30. The van der Waals surface area contributed by atoms with E-state index in [9.17, 15) is 13.2 Å². The summed E-state index contributed by atoms with van der Waals surface area (Å²) in [5.74, 6) is 0. The standard InChI is InChI=1S/C27H38F3N/c1-2-3-4-5-6-7-8-9-10-11-12-22-13-15-23(16-14-22)21-26(31)24-17-19-25(20-18-24)27(28,29)30/h13-20,26H,2-12,21,31H2,1H3. The Hall–Kier alpha value is -1.81. The van der Waals surface area contributed by atoms with Crippen LogP contribution in [-0.2, 0) is 19.0 Å². The number of hydrogen-bond acceptors (Lipinski definition) is 1. The fourth-order valence-electron chi connectivity index (χ4n) is 3.95. The van der Waals surface area contributed by atoms with Gasteiger partial charge < -0.3 is 5.73 Å². The zero-order valence-electron chi connectivity index (χ0n) is 18.9. The predicted molar refractivity (Wildman–Crippen MR) is 124 cm³/mol. The molecular weight excluding hydrogens is 395 g/mol. The summed E-state index contributed by atoms with van der Waals surface area (Å²) >= 11 is 0. The third kappa shape index (κ3) is 9.90. The molecule has 0 bridgehead atoms. The van der Waals surface area contributed by atoms with Crippen molar-refractivity contribution >= 4 is 0 Å². The minimum atomic E-state index is -4.31. The van der Waals surface area contributed by atoms with Gasteiger partial charge in [-0.05, 0) is 48.1 Å². The normalized spacial score (nSPS) is 12.8. The van der Waals surface area contributed by atoms with Crippen molar-refractivity contribution in [3.05, 3.63) is 70.8 Å². The van der Waals surface area contributed by atoms with Gasteiger partial charge in [-0.2, -0.15) is 13.2 Å². The number of rotatable bonds is 14. The van der Waals surface area contributed by atoms with Crippen LogP contribution in [-0.4, -0.2) is 0 Å². The van der Waals surface area contributed by atoms with E-state index >= 15 is 0 Å².